The van der Waals surface area contributed by atoms with Gasteiger partial charge in [0, 0.05) is 10.0 Å². The smallest absolute Gasteiger partial charge is 0.310 e. The summed E-state index contributed by atoms with van der Waals surface area (Å²) in [6, 6.07) is 10.6. The van der Waals surface area contributed by atoms with Crippen LogP contribution in [0, 0.1) is 0 Å². The normalized spacial score (nSPS) is 10.3. The molecule has 24 heavy (non-hydrogen) atoms. The quantitative estimate of drug-likeness (QED) is 0.722. The van der Waals surface area contributed by atoms with Gasteiger partial charge in [0.15, 0.2) is 11.5 Å². The van der Waals surface area contributed by atoms with Crippen molar-refractivity contribution in [2.75, 3.05) is 13.7 Å². The first-order chi connectivity index (χ1) is 11.6. The van der Waals surface area contributed by atoms with Crippen molar-refractivity contribution in [3.63, 3.8) is 0 Å². The average molecular weight is 395 g/mol. The van der Waals surface area contributed by atoms with Gasteiger partial charge in [0.25, 0.3) is 0 Å². The highest BCUT2D eigenvalue weighted by Gasteiger charge is 2.12. The van der Waals surface area contributed by atoms with Crippen molar-refractivity contribution in [1.82, 2.24) is 0 Å². The maximum absolute atomic E-state index is 11.6. The molecule has 1 N–H and O–H groups in total. The fraction of sp³-hybridized carbons (Fsp3) is 0.278. The Balaban J connectivity index is 2.29. The monoisotopic (exact) mass is 394 g/mol. The van der Waals surface area contributed by atoms with Crippen LogP contribution in [-0.4, -0.2) is 24.8 Å². The van der Waals surface area contributed by atoms with E-state index in [0.717, 1.165) is 10.0 Å². The minimum absolute atomic E-state index is 0.153. The summed E-state index contributed by atoms with van der Waals surface area (Å²) in [5.74, 6) is 1.23. The molecule has 0 spiro atoms. The molecule has 2 aromatic carbocycles. The number of carbonyl (C=O) groups excluding carboxylic acids is 1. The summed E-state index contributed by atoms with van der Waals surface area (Å²) in [6.45, 7) is 1.96. The van der Waals surface area contributed by atoms with E-state index in [9.17, 15) is 9.90 Å². The van der Waals surface area contributed by atoms with Crippen LogP contribution in [0.2, 0.25) is 0 Å². The molecule has 0 aliphatic rings. The highest BCUT2D eigenvalue weighted by molar-refractivity contribution is 9.10. The van der Waals surface area contributed by atoms with Gasteiger partial charge < -0.3 is 19.3 Å². The van der Waals surface area contributed by atoms with Crippen LogP contribution >= 0.6 is 15.9 Å². The molecule has 0 aliphatic heterocycles. The van der Waals surface area contributed by atoms with Crippen LogP contribution in [0.4, 0.5) is 0 Å². The SMILES string of the molecule is CCOC(=O)Cc1ccc(OC)c(Oc2ccc(Br)cc2CO)c1. The fourth-order valence-electron chi connectivity index (χ4n) is 2.18. The summed E-state index contributed by atoms with van der Waals surface area (Å²) in [6.07, 6.45) is 0.154. The zero-order chi connectivity index (χ0) is 17.5. The molecule has 0 amide bonds. The topological polar surface area (TPSA) is 65.0 Å². The Morgan fingerprint density at radius 1 is 1.12 bits per heavy atom. The molecule has 0 saturated carbocycles. The van der Waals surface area contributed by atoms with E-state index < -0.39 is 0 Å². The number of aliphatic hydroxyl groups is 1. The van der Waals surface area contributed by atoms with Crippen molar-refractivity contribution in [2.45, 2.75) is 20.0 Å². The molecule has 2 rings (SSSR count). The van der Waals surface area contributed by atoms with Crippen molar-refractivity contribution >= 4 is 21.9 Å². The molecule has 0 unspecified atom stereocenters. The van der Waals surface area contributed by atoms with E-state index >= 15 is 0 Å². The fourth-order valence-corrected chi connectivity index (χ4v) is 2.59. The third kappa shape index (κ3) is 4.72. The number of aliphatic hydroxyl groups excluding tert-OH is 1. The Hall–Kier alpha value is -2.05. The van der Waals surface area contributed by atoms with Crippen LogP contribution in [0.25, 0.3) is 0 Å². The van der Waals surface area contributed by atoms with Crippen LogP contribution in [0.3, 0.4) is 0 Å². The summed E-state index contributed by atoms with van der Waals surface area (Å²) >= 11 is 3.36. The van der Waals surface area contributed by atoms with E-state index in [0.29, 0.717) is 29.4 Å². The van der Waals surface area contributed by atoms with Gasteiger partial charge in [0.1, 0.15) is 5.75 Å². The summed E-state index contributed by atoms with van der Waals surface area (Å²) < 4.78 is 17.0. The maximum Gasteiger partial charge on any atom is 0.310 e. The minimum Gasteiger partial charge on any atom is -0.493 e. The molecule has 0 bridgehead atoms. The second-order valence-corrected chi connectivity index (χ2v) is 5.89. The first kappa shape index (κ1) is 18.3. The molecule has 128 valence electrons. The van der Waals surface area contributed by atoms with Gasteiger partial charge in [-0.25, -0.2) is 0 Å². The molecule has 0 saturated heterocycles. The number of hydrogen-bond acceptors (Lipinski definition) is 5. The molecule has 0 heterocycles. The molecule has 0 radical (unpaired) electrons. The molecular weight excluding hydrogens is 376 g/mol. The largest absolute Gasteiger partial charge is 0.493 e. The number of esters is 1. The number of rotatable bonds is 7. The molecule has 0 aliphatic carbocycles. The van der Waals surface area contributed by atoms with E-state index in [2.05, 4.69) is 15.9 Å². The summed E-state index contributed by atoms with van der Waals surface area (Å²) in [5, 5.41) is 9.49. The predicted octanol–water partition coefficient (Wildman–Crippen LogP) is 3.85. The Morgan fingerprint density at radius 2 is 1.88 bits per heavy atom. The first-order valence-electron chi connectivity index (χ1n) is 7.47. The van der Waals surface area contributed by atoms with Gasteiger partial charge in [-0.2, -0.15) is 0 Å². The third-order valence-electron chi connectivity index (χ3n) is 3.29. The number of ether oxygens (including phenoxy) is 3. The Bertz CT molecular complexity index is 715. The lowest BCUT2D eigenvalue weighted by Gasteiger charge is -2.14. The van der Waals surface area contributed by atoms with E-state index in [-0.39, 0.29) is 19.0 Å². The maximum atomic E-state index is 11.6. The van der Waals surface area contributed by atoms with E-state index in [4.69, 9.17) is 14.2 Å². The van der Waals surface area contributed by atoms with Crippen LogP contribution < -0.4 is 9.47 Å². The molecule has 5 nitrogen and oxygen atoms in total. The number of carbonyl (C=O) groups is 1. The summed E-state index contributed by atoms with van der Waals surface area (Å²) in [4.78, 5) is 11.6. The summed E-state index contributed by atoms with van der Waals surface area (Å²) in [5.41, 5.74) is 1.40. The highest BCUT2D eigenvalue weighted by Crippen LogP contribution is 2.35. The van der Waals surface area contributed by atoms with Crippen LogP contribution in [0.1, 0.15) is 18.1 Å². The molecular formula is C18H19BrO5. The van der Waals surface area contributed by atoms with Gasteiger partial charge >= 0.3 is 5.97 Å². The lowest BCUT2D eigenvalue weighted by atomic mass is 10.1. The van der Waals surface area contributed by atoms with Crippen molar-refractivity contribution in [3.05, 3.63) is 52.0 Å². The molecule has 2 aromatic rings. The number of hydrogen-bond donors (Lipinski definition) is 1. The van der Waals surface area contributed by atoms with E-state index in [1.807, 2.05) is 6.07 Å². The van der Waals surface area contributed by atoms with Gasteiger partial charge in [-0.1, -0.05) is 22.0 Å². The number of methoxy groups -OCH3 is 1. The van der Waals surface area contributed by atoms with Crippen molar-refractivity contribution in [2.24, 2.45) is 0 Å². The van der Waals surface area contributed by atoms with E-state index in [1.54, 1.807) is 44.4 Å². The van der Waals surface area contributed by atoms with Gasteiger partial charge in [-0.05, 0) is 42.8 Å². The van der Waals surface area contributed by atoms with Gasteiger partial charge in [-0.3, -0.25) is 4.79 Å². The Morgan fingerprint density at radius 3 is 2.54 bits per heavy atom. The van der Waals surface area contributed by atoms with Crippen LogP contribution in [0.15, 0.2) is 40.9 Å². The second kappa shape index (κ2) is 8.70. The van der Waals surface area contributed by atoms with Crippen LogP contribution in [0.5, 0.6) is 17.2 Å². The van der Waals surface area contributed by atoms with E-state index in [1.165, 1.54) is 0 Å². The van der Waals surface area contributed by atoms with Gasteiger partial charge in [0.2, 0.25) is 0 Å². The Labute approximate surface area is 149 Å². The van der Waals surface area contributed by atoms with Crippen molar-refractivity contribution in [1.29, 1.82) is 0 Å². The van der Waals surface area contributed by atoms with Gasteiger partial charge in [0.05, 0.1) is 26.7 Å². The lowest BCUT2D eigenvalue weighted by Crippen LogP contribution is -2.07. The first-order valence-corrected chi connectivity index (χ1v) is 8.26. The minimum atomic E-state index is -0.298. The van der Waals surface area contributed by atoms with Gasteiger partial charge in [-0.15, -0.1) is 0 Å². The second-order valence-electron chi connectivity index (χ2n) is 4.98. The Kier molecular flexibility index (Phi) is 6.63. The zero-order valence-corrected chi connectivity index (χ0v) is 15.1. The highest BCUT2D eigenvalue weighted by atomic mass is 79.9. The summed E-state index contributed by atoms with van der Waals surface area (Å²) in [7, 11) is 1.54. The molecule has 0 aromatic heterocycles. The molecule has 0 fully saturated rings. The number of benzene rings is 2. The van der Waals surface area contributed by atoms with Crippen molar-refractivity contribution in [3.8, 4) is 17.2 Å². The number of halogens is 1. The zero-order valence-electron chi connectivity index (χ0n) is 13.5. The molecule has 6 heteroatoms. The standard InChI is InChI=1S/C18H19BrO5/c1-3-23-18(21)9-12-4-6-16(22-2)17(8-12)24-15-7-5-14(19)10-13(15)11-20/h4-8,10,20H,3,9,11H2,1-2H3. The third-order valence-corrected chi connectivity index (χ3v) is 3.79. The average Bonchev–Trinajstić information content (AvgIpc) is 2.57. The molecule has 0 atom stereocenters. The van der Waals surface area contributed by atoms with Crippen molar-refractivity contribution < 1.29 is 24.1 Å². The lowest BCUT2D eigenvalue weighted by molar-refractivity contribution is -0.142. The van der Waals surface area contributed by atoms with Crippen LogP contribution in [-0.2, 0) is 22.6 Å². The predicted molar refractivity (Wildman–Crippen MR) is 93.5 cm³/mol.